The zero-order valence-electron chi connectivity index (χ0n) is 15.1. The lowest BCUT2D eigenvalue weighted by Crippen LogP contribution is -2.45. The molecule has 144 valence electrons. The number of rotatable bonds is 7. The van der Waals surface area contributed by atoms with E-state index in [0.29, 0.717) is 6.54 Å². The van der Waals surface area contributed by atoms with Crippen molar-refractivity contribution < 1.29 is 9.53 Å². The molecule has 2 aliphatic heterocycles. The molecule has 0 spiro atoms. The Morgan fingerprint density at radius 3 is 2.42 bits per heavy atom. The maximum Gasteiger partial charge on any atom is 0.251 e. The van der Waals surface area contributed by atoms with Gasteiger partial charge in [0, 0.05) is 26.2 Å². The predicted octanol–water partition coefficient (Wildman–Crippen LogP) is 2.31. The topological polar surface area (TPSA) is 58.8 Å². The molecule has 24 heavy (non-hydrogen) atoms. The van der Waals surface area contributed by atoms with Crippen LogP contribution in [0.25, 0.3) is 0 Å². The van der Waals surface area contributed by atoms with Crippen LogP contribution in [0.2, 0.25) is 0 Å². The number of nitrogens with two attached hydrogens (primary N) is 1. The van der Waals surface area contributed by atoms with Gasteiger partial charge in [-0.05, 0) is 51.6 Å². The van der Waals surface area contributed by atoms with Gasteiger partial charge in [-0.1, -0.05) is 13.3 Å². The summed E-state index contributed by atoms with van der Waals surface area (Å²) < 4.78 is 5.74. The molecule has 0 unspecified atom stereocenters. The molecule has 2 fully saturated rings. The van der Waals surface area contributed by atoms with Crippen LogP contribution < -0.4 is 5.73 Å². The lowest BCUT2D eigenvalue weighted by Gasteiger charge is -2.35. The summed E-state index contributed by atoms with van der Waals surface area (Å²) in [4.78, 5) is 16.9. The first kappa shape index (κ1) is 23.9. The Balaban J connectivity index is 0.00000264. The van der Waals surface area contributed by atoms with Crippen LogP contribution in [0.5, 0.6) is 0 Å². The fourth-order valence-electron chi connectivity index (χ4n) is 3.56. The number of piperidine rings is 1. The van der Waals surface area contributed by atoms with Crippen LogP contribution in [0.4, 0.5) is 0 Å². The second-order valence-electron chi connectivity index (χ2n) is 6.94. The van der Waals surface area contributed by atoms with Crippen molar-refractivity contribution in [3.05, 3.63) is 0 Å². The molecular weight excluding hydrogens is 349 g/mol. The zero-order valence-corrected chi connectivity index (χ0v) is 16.7. The minimum Gasteiger partial charge on any atom is -0.364 e. The van der Waals surface area contributed by atoms with Crippen LogP contribution in [-0.2, 0) is 9.53 Å². The smallest absolute Gasteiger partial charge is 0.251 e. The van der Waals surface area contributed by atoms with Gasteiger partial charge in [-0.15, -0.1) is 24.8 Å². The molecule has 2 atom stereocenters. The Labute approximate surface area is 159 Å². The van der Waals surface area contributed by atoms with Gasteiger partial charge in [0.1, 0.15) is 6.10 Å². The summed E-state index contributed by atoms with van der Waals surface area (Å²) in [6, 6.07) is 0. The molecule has 2 heterocycles. The average molecular weight is 384 g/mol. The maximum absolute atomic E-state index is 12.5. The van der Waals surface area contributed by atoms with E-state index in [0.717, 1.165) is 51.2 Å². The normalized spacial score (nSPS) is 24.6. The van der Waals surface area contributed by atoms with E-state index in [1.54, 1.807) is 0 Å². The van der Waals surface area contributed by atoms with E-state index in [4.69, 9.17) is 10.5 Å². The summed E-state index contributed by atoms with van der Waals surface area (Å²) in [6.07, 6.45) is 6.37. The van der Waals surface area contributed by atoms with E-state index in [1.165, 1.54) is 19.4 Å². The summed E-state index contributed by atoms with van der Waals surface area (Å²) in [6.45, 7) is 6.88. The number of halogens is 2. The van der Waals surface area contributed by atoms with Gasteiger partial charge < -0.3 is 20.3 Å². The predicted molar refractivity (Wildman–Crippen MR) is 103 cm³/mol. The minimum atomic E-state index is -0.239. The Morgan fingerprint density at radius 1 is 1.21 bits per heavy atom. The molecule has 2 N–H and O–H groups in total. The van der Waals surface area contributed by atoms with Crippen molar-refractivity contribution in [1.82, 2.24) is 9.80 Å². The second kappa shape index (κ2) is 12.3. The molecule has 0 radical (unpaired) electrons. The van der Waals surface area contributed by atoms with Crippen molar-refractivity contribution in [2.75, 3.05) is 39.8 Å². The summed E-state index contributed by atoms with van der Waals surface area (Å²) in [7, 11) is 2.21. The number of amides is 1. The number of unbranched alkanes of at least 4 members (excludes halogenated alkanes) is 1. The van der Waals surface area contributed by atoms with E-state index < -0.39 is 0 Å². The minimum absolute atomic E-state index is 0. The Morgan fingerprint density at radius 2 is 1.88 bits per heavy atom. The number of carbonyl (C=O) groups excluding carboxylic acids is 1. The highest BCUT2D eigenvalue weighted by atomic mass is 35.5. The van der Waals surface area contributed by atoms with Crippen LogP contribution in [0.3, 0.4) is 0 Å². The Hall–Kier alpha value is -0.0700. The molecule has 0 aliphatic carbocycles. The zero-order chi connectivity index (χ0) is 15.9. The monoisotopic (exact) mass is 383 g/mol. The lowest BCUT2D eigenvalue weighted by atomic mass is 9.95. The van der Waals surface area contributed by atoms with Crippen molar-refractivity contribution in [1.29, 1.82) is 0 Å². The molecule has 1 amide bonds. The average Bonchev–Trinajstić information content (AvgIpc) is 3.02. The highest BCUT2D eigenvalue weighted by Crippen LogP contribution is 2.24. The molecule has 2 rings (SSSR count). The molecule has 0 aromatic heterocycles. The number of hydrogen-bond acceptors (Lipinski definition) is 4. The van der Waals surface area contributed by atoms with Crippen molar-refractivity contribution in [2.24, 2.45) is 11.7 Å². The molecule has 2 saturated heterocycles. The number of hydrogen-bond donors (Lipinski definition) is 1. The summed E-state index contributed by atoms with van der Waals surface area (Å²) in [5.41, 5.74) is 5.62. The summed E-state index contributed by atoms with van der Waals surface area (Å²) >= 11 is 0. The fraction of sp³-hybridized carbons (Fsp3) is 0.941. The lowest BCUT2D eigenvalue weighted by molar-refractivity contribution is -0.144. The second-order valence-corrected chi connectivity index (χ2v) is 6.94. The van der Waals surface area contributed by atoms with Gasteiger partial charge in [0.15, 0.2) is 0 Å². The number of ether oxygens (including phenoxy) is 1. The van der Waals surface area contributed by atoms with Crippen molar-refractivity contribution in [3.8, 4) is 0 Å². The SMILES string of the molecule is CCCCN(C)CC1CCN(C(=O)[C@@H]2CC[C@H](CN)O2)CC1.Cl.Cl. The van der Waals surface area contributed by atoms with Gasteiger partial charge in [0.05, 0.1) is 6.10 Å². The molecule has 5 nitrogen and oxygen atoms in total. The molecule has 7 heteroatoms. The maximum atomic E-state index is 12.5. The Kier molecular flexibility index (Phi) is 12.3. The third-order valence-electron chi connectivity index (χ3n) is 5.04. The molecule has 0 bridgehead atoms. The number of likely N-dealkylation sites (tertiary alicyclic amines) is 1. The van der Waals surface area contributed by atoms with E-state index in [1.807, 2.05) is 4.90 Å². The largest absolute Gasteiger partial charge is 0.364 e. The van der Waals surface area contributed by atoms with Gasteiger partial charge in [-0.25, -0.2) is 0 Å². The van der Waals surface area contributed by atoms with E-state index in [9.17, 15) is 4.79 Å². The van der Waals surface area contributed by atoms with Crippen LogP contribution in [0.15, 0.2) is 0 Å². The first-order valence-corrected chi connectivity index (χ1v) is 8.96. The number of carbonyl (C=O) groups is 1. The first-order valence-electron chi connectivity index (χ1n) is 8.96. The molecule has 0 saturated carbocycles. The van der Waals surface area contributed by atoms with Crippen LogP contribution in [0.1, 0.15) is 45.4 Å². The molecule has 0 aromatic rings. The third kappa shape index (κ3) is 7.04. The van der Waals surface area contributed by atoms with Gasteiger partial charge in [-0.2, -0.15) is 0 Å². The van der Waals surface area contributed by atoms with Gasteiger partial charge in [-0.3, -0.25) is 4.79 Å². The highest BCUT2D eigenvalue weighted by Gasteiger charge is 2.34. The van der Waals surface area contributed by atoms with Crippen LogP contribution in [0, 0.1) is 5.92 Å². The van der Waals surface area contributed by atoms with Crippen molar-refractivity contribution >= 4 is 30.7 Å². The number of nitrogens with zero attached hydrogens (tertiary/aromatic N) is 2. The summed E-state index contributed by atoms with van der Waals surface area (Å²) in [5.74, 6) is 0.918. The van der Waals surface area contributed by atoms with Gasteiger partial charge in [0.2, 0.25) is 0 Å². The molecule has 0 aromatic carbocycles. The van der Waals surface area contributed by atoms with E-state index in [-0.39, 0.29) is 42.9 Å². The highest BCUT2D eigenvalue weighted by molar-refractivity contribution is 5.85. The van der Waals surface area contributed by atoms with E-state index >= 15 is 0 Å². The molecule has 2 aliphatic rings. The van der Waals surface area contributed by atoms with E-state index in [2.05, 4.69) is 18.9 Å². The quantitative estimate of drug-likeness (QED) is 0.732. The van der Waals surface area contributed by atoms with Crippen molar-refractivity contribution in [3.63, 3.8) is 0 Å². The van der Waals surface area contributed by atoms with Gasteiger partial charge in [0.25, 0.3) is 5.91 Å². The third-order valence-corrected chi connectivity index (χ3v) is 5.04. The fourth-order valence-corrected chi connectivity index (χ4v) is 3.56. The first-order chi connectivity index (χ1) is 10.6. The summed E-state index contributed by atoms with van der Waals surface area (Å²) in [5, 5.41) is 0. The van der Waals surface area contributed by atoms with Crippen LogP contribution >= 0.6 is 24.8 Å². The van der Waals surface area contributed by atoms with Crippen molar-refractivity contribution in [2.45, 2.75) is 57.7 Å². The Bertz CT molecular complexity index is 353. The van der Waals surface area contributed by atoms with Crippen LogP contribution in [-0.4, -0.2) is 67.7 Å². The standard InChI is InChI=1S/C17H33N3O2.2ClH/c1-3-4-9-19(2)13-14-7-10-20(11-8-14)17(21)16-6-5-15(12-18)22-16;;/h14-16H,3-13,18H2,1-2H3;2*1H/t15-,16+;;/m1../s1. The van der Waals surface area contributed by atoms with Gasteiger partial charge >= 0.3 is 0 Å². The molecular formula is C17H35Cl2N3O2.